The number of aromatic nitrogens is 1. The SMILES string of the molecule is COc1ccc(N2C(=O)C(=O)/C(=C(/O)c3ccc4c(c3)OCO4)C2c2c(C)[nH]c3ccccc23)cc1. The molecule has 1 unspecified atom stereocenters. The topological polar surface area (TPSA) is 101 Å². The number of nitrogens with zero attached hydrogens (tertiary/aromatic N) is 1. The maximum atomic E-state index is 13.5. The molecule has 1 amide bonds. The molecule has 0 saturated carbocycles. The van der Waals surface area contributed by atoms with Crippen LogP contribution in [0.5, 0.6) is 17.2 Å². The molecule has 2 N–H and O–H groups in total. The number of aliphatic hydroxyl groups is 1. The van der Waals surface area contributed by atoms with Crippen LogP contribution in [0.3, 0.4) is 0 Å². The minimum Gasteiger partial charge on any atom is -0.507 e. The number of nitrogens with one attached hydrogen (secondary N) is 1. The van der Waals surface area contributed by atoms with E-state index in [9.17, 15) is 14.7 Å². The second-order valence-electron chi connectivity index (χ2n) is 8.64. The Hall–Kier alpha value is -4.72. The number of Topliss-reactive ketones (excluding diaryl/α,β-unsaturated/α-hetero) is 1. The Morgan fingerprint density at radius 1 is 1.03 bits per heavy atom. The number of aliphatic hydroxyl groups excluding tert-OH is 1. The van der Waals surface area contributed by atoms with E-state index >= 15 is 0 Å². The van der Waals surface area contributed by atoms with Gasteiger partial charge in [-0.15, -0.1) is 0 Å². The predicted octanol–water partition coefficient (Wildman–Crippen LogP) is 4.84. The monoisotopic (exact) mass is 482 g/mol. The Balaban J connectivity index is 1.60. The molecule has 2 aliphatic rings. The molecule has 180 valence electrons. The fraction of sp³-hybridized carbons (Fsp3) is 0.143. The van der Waals surface area contributed by atoms with Crippen LogP contribution < -0.4 is 19.1 Å². The first kappa shape index (κ1) is 21.8. The lowest BCUT2D eigenvalue weighted by Crippen LogP contribution is -2.29. The van der Waals surface area contributed by atoms with Crippen LogP contribution in [0.2, 0.25) is 0 Å². The van der Waals surface area contributed by atoms with Gasteiger partial charge in [-0.05, 0) is 55.5 Å². The van der Waals surface area contributed by atoms with Crippen LogP contribution >= 0.6 is 0 Å². The van der Waals surface area contributed by atoms with Gasteiger partial charge in [0.1, 0.15) is 11.5 Å². The summed E-state index contributed by atoms with van der Waals surface area (Å²) in [5, 5.41) is 12.3. The Kier molecular flexibility index (Phi) is 4.96. The van der Waals surface area contributed by atoms with Crippen LogP contribution in [0.1, 0.15) is 22.9 Å². The summed E-state index contributed by atoms with van der Waals surface area (Å²) in [6.07, 6.45) is 0. The molecular formula is C28H22N2O6. The molecule has 1 fully saturated rings. The fourth-order valence-electron chi connectivity index (χ4n) is 4.96. The zero-order chi connectivity index (χ0) is 25.0. The van der Waals surface area contributed by atoms with E-state index in [1.807, 2.05) is 31.2 Å². The summed E-state index contributed by atoms with van der Waals surface area (Å²) in [7, 11) is 1.56. The first-order chi connectivity index (χ1) is 17.5. The van der Waals surface area contributed by atoms with Gasteiger partial charge in [0.05, 0.1) is 18.7 Å². The van der Waals surface area contributed by atoms with E-state index in [0.717, 1.165) is 22.2 Å². The van der Waals surface area contributed by atoms with Crippen LogP contribution in [0.25, 0.3) is 16.7 Å². The summed E-state index contributed by atoms with van der Waals surface area (Å²) in [6.45, 7) is 1.97. The molecule has 0 aliphatic carbocycles. The van der Waals surface area contributed by atoms with E-state index < -0.39 is 17.7 Å². The molecule has 6 rings (SSSR count). The molecule has 0 radical (unpaired) electrons. The number of fused-ring (bicyclic) bond motifs is 2. The first-order valence-electron chi connectivity index (χ1n) is 11.4. The zero-order valence-corrected chi connectivity index (χ0v) is 19.6. The number of para-hydroxylation sites is 1. The highest BCUT2D eigenvalue weighted by Gasteiger charge is 2.48. The highest BCUT2D eigenvalue weighted by Crippen LogP contribution is 2.46. The largest absolute Gasteiger partial charge is 0.507 e. The molecule has 0 spiro atoms. The molecule has 2 aliphatic heterocycles. The number of ketones is 1. The van der Waals surface area contributed by atoms with Crippen LogP contribution in [0, 0.1) is 6.92 Å². The number of aromatic amines is 1. The summed E-state index contributed by atoms with van der Waals surface area (Å²) in [4.78, 5) is 31.8. The van der Waals surface area contributed by atoms with Gasteiger partial charge in [0.2, 0.25) is 6.79 Å². The van der Waals surface area contributed by atoms with Crippen molar-refractivity contribution >= 4 is 34.0 Å². The molecule has 1 atom stereocenters. The Morgan fingerprint density at radius 2 is 1.78 bits per heavy atom. The van der Waals surface area contributed by atoms with Crippen molar-refractivity contribution in [1.82, 2.24) is 4.98 Å². The number of hydrogen-bond donors (Lipinski definition) is 2. The summed E-state index contributed by atoms with van der Waals surface area (Å²) in [5.41, 5.74) is 3.27. The number of H-pyrrole nitrogens is 1. The lowest BCUT2D eigenvalue weighted by atomic mass is 9.93. The molecule has 3 aromatic carbocycles. The van der Waals surface area contributed by atoms with Crippen molar-refractivity contribution in [2.45, 2.75) is 13.0 Å². The second-order valence-corrected chi connectivity index (χ2v) is 8.64. The Bertz CT molecular complexity index is 1570. The molecule has 8 nitrogen and oxygen atoms in total. The first-order valence-corrected chi connectivity index (χ1v) is 11.4. The van der Waals surface area contributed by atoms with Crippen molar-refractivity contribution in [2.75, 3.05) is 18.8 Å². The lowest BCUT2D eigenvalue weighted by Gasteiger charge is -2.26. The maximum Gasteiger partial charge on any atom is 0.300 e. The standard InChI is InChI=1S/C28H22N2O6/c1-15-23(19-5-3-4-6-20(19)29-15)25-24(26(31)16-7-12-21-22(13-16)36-14-35-21)27(32)28(33)30(25)17-8-10-18(34-2)11-9-17/h3-13,25,29,31H,14H2,1-2H3/b26-24+. The van der Waals surface area contributed by atoms with Gasteiger partial charge in [-0.2, -0.15) is 0 Å². The Morgan fingerprint density at radius 3 is 2.56 bits per heavy atom. The smallest absolute Gasteiger partial charge is 0.300 e. The number of rotatable bonds is 4. The number of benzene rings is 3. The number of amides is 1. The third-order valence-electron chi connectivity index (χ3n) is 6.66. The molecule has 8 heteroatoms. The highest BCUT2D eigenvalue weighted by molar-refractivity contribution is 6.52. The van der Waals surface area contributed by atoms with Crippen LogP contribution in [-0.2, 0) is 9.59 Å². The number of carbonyl (C=O) groups excluding carboxylic acids is 2. The third kappa shape index (κ3) is 3.22. The minimum absolute atomic E-state index is 0.00235. The van der Waals surface area contributed by atoms with Crippen LogP contribution in [-0.4, -0.2) is 35.7 Å². The molecular weight excluding hydrogens is 460 g/mol. The van der Waals surface area contributed by atoms with Gasteiger partial charge in [-0.25, -0.2) is 0 Å². The molecule has 3 heterocycles. The minimum atomic E-state index is -0.861. The molecule has 36 heavy (non-hydrogen) atoms. The van der Waals surface area contributed by atoms with Gasteiger partial charge in [0.25, 0.3) is 11.7 Å². The summed E-state index contributed by atoms with van der Waals surface area (Å²) < 4.78 is 16.1. The number of methoxy groups -OCH3 is 1. The zero-order valence-electron chi connectivity index (χ0n) is 19.6. The van der Waals surface area contributed by atoms with Gasteiger partial charge < -0.3 is 24.3 Å². The lowest BCUT2D eigenvalue weighted by molar-refractivity contribution is -0.132. The number of hydrogen-bond acceptors (Lipinski definition) is 6. The van der Waals surface area contributed by atoms with Gasteiger partial charge in [0, 0.05) is 33.4 Å². The van der Waals surface area contributed by atoms with E-state index in [1.165, 1.54) is 4.90 Å². The molecule has 1 saturated heterocycles. The number of ether oxygens (including phenoxy) is 3. The second kappa shape index (κ2) is 8.20. The van der Waals surface area contributed by atoms with Gasteiger partial charge >= 0.3 is 0 Å². The van der Waals surface area contributed by atoms with Gasteiger partial charge in [-0.1, -0.05) is 18.2 Å². The van der Waals surface area contributed by atoms with E-state index in [-0.39, 0.29) is 18.1 Å². The maximum absolute atomic E-state index is 13.5. The third-order valence-corrected chi connectivity index (χ3v) is 6.66. The van der Waals surface area contributed by atoms with E-state index in [4.69, 9.17) is 14.2 Å². The van der Waals surface area contributed by atoms with Crippen molar-refractivity contribution in [3.05, 3.63) is 89.1 Å². The van der Waals surface area contributed by atoms with Crippen molar-refractivity contribution in [2.24, 2.45) is 0 Å². The quantitative estimate of drug-likeness (QED) is 0.245. The number of anilines is 1. The van der Waals surface area contributed by atoms with Gasteiger partial charge in [-0.3, -0.25) is 14.5 Å². The van der Waals surface area contributed by atoms with E-state index in [2.05, 4.69) is 4.98 Å². The van der Waals surface area contributed by atoms with Crippen molar-refractivity contribution in [3.8, 4) is 17.2 Å². The van der Waals surface area contributed by atoms with E-state index in [0.29, 0.717) is 28.5 Å². The normalized spacial score (nSPS) is 18.3. The highest BCUT2D eigenvalue weighted by atomic mass is 16.7. The van der Waals surface area contributed by atoms with Crippen molar-refractivity contribution < 1.29 is 28.9 Å². The molecule has 4 aromatic rings. The summed E-state index contributed by atoms with van der Waals surface area (Å²) in [6, 6.07) is 18.6. The van der Waals surface area contributed by atoms with E-state index in [1.54, 1.807) is 49.6 Å². The van der Waals surface area contributed by atoms with Crippen LogP contribution in [0.15, 0.2) is 72.3 Å². The van der Waals surface area contributed by atoms with Crippen molar-refractivity contribution in [1.29, 1.82) is 0 Å². The summed E-state index contributed by atoms with van der Waals surface area (Å²) in [5.74, 6) is -0.141. The number of carbonyl (C=O) groups is 2. The fourth-order valence-corrected chi connectivity index (χ4v) is 4.96. The predicted molar refractivity (Wildman–Crippen MR) is 133 cm³/mol. The molecule has 1 aromatic heterocycles. The molecule has 0 bridgehead atoms. The van der Waals surface area contributed by atoms with Gasteiger partial charge in [0.15, 0.2) is 11.5 Å². The average Bonchev–Trinajstić information content (AvgIpc) is 3.57. The average molecular weight is 482 g/mol. The van der Waals surface area contributed by atoms with Crippen molar-refractivity contribution in [3.63, 3.8) is 0 Å². The summed E-state index contributed by atoms with van der Waals surface area (Å²) >= 11 is 0. The Labute approximate surface area is 206 Å². The van der Waals surface area contributed by atoms with Crippen LogP contribution in [0.4, 0.5) is 5.69 Å². The number of aryl methyl sites for hydroxylation is 1.